The Morgan fingerprint density at radius 2 is 1.78 bits per heavy atom. The highest BCUT2D eigenvalue weighted by molar-refractivity contribution is 6.01. The van der Waals surface area contributed by atoms with E-state index in [2.05, 4.69) is 0 Å². The van der Waals surface area contributed by atoms with Gasteiger partial charge in [0.25, 0.3) is 0 Å². The van der Waals surface area contributed by atoms with Crippen molar-refractivity contribution in [2.24, 2.45) is 0 Å². The average molecular weight is 310 g/mol. The minimum absolute atomic E-state index is 0.0856. The number of hydrogen-bond donors (Lipinski definition) is 1. The van der Waals surface area contributed by atoms with E-state index >= 15 is 0 Å². The molecule has 0 amide bonds. The first-order chi connectivity index (χ1) is 11.1. The van der Waals surface area contributed by atoms with E-state index in [0.717, 1.165) is 5.56 Å². The van der Waals surface area contributed by atoms with Crippen LogP contribution in [-0.4, -0.2) is 24.8 Å². The average Bonchev–Trinajstić information content (AvgIpc) is 2.91. The lowest BCUT2D eigenvalue weighted by Crippen LogP contribution is -2.29. The molecule has 1 saturated heterocycles. The third-order valence-electron chi connectivity index (χ3n) is 4.18. The Morgan fingerprint density at radius 3 is 2.39 bits per heavy atom. The molecule has 4 heteroatoms. The summed E-state index contributed by atoms with van der Waals surface area (Å²) < 4.78 is 10.3. The number of aliphatic hydroxyl groups is 1. The summed E-state index contributed by atoms with van der Waals surface area (Å²) in [6.07, 6.45) is 0. The number of esters is 1. The van der Waals surface area contributed by atoms with Gasteiger partial charge >= 0.3 is 5.97 Å². The molecule has 23 heavy (non-hydrogen) atoms. The topological polar surface area (TPSA) is 55.8 Å². The molecule has 3 rings (SSSR count). The number of carbonyl (C=O) groups is 1. The molecule has 0 bridgehead atoms. The number of benzene rings is 2. The van der Waals surface area contributed by atoms with Crippen LogP contribution in [0.1, 0.15) is 18.1 Å². The molecule has 1 fully saturated rings. The first kappa shape index (κ1) is 15.3. The number of rotatable bonds is 3. The fourth-order valence-electron chi connectivity index (χ4n) is 2.87. The fraction of sp³-hybridized carbons (Fsp3) is 0.211. The second-order valence-electron chi connectivity index (χ2n) is 5.53. The Morgan fingerprint density at radius 1 is 1.13 bits per heavy atom. The predicted octanol–water partition coefficient (Wildman–Crippen LogP) is 2.91. The molecule has 0 spiro atoms. The normalized spacial score (nSPS) is 22.7. The lowest BCUT2D eigenvalue weighted by Gasteiger charge is -2.23. The lowest BCUT2D eigenvalue weighted by molar-refractivity contribution is -0.135. The summed E-state index contributed by atoms with van der Waals surface area (Å²) in [5.41, 5.74) is 1.03. The van der Waals surface area contributed by atoms with Crippen molar-refractivity contribution in [2.45, 2.75) is 12.5 Å². The molecule has 0 saturated carbocycles. The molecule has 1 atom stereocenters. The highest BCUT2D eigenvalue weighted by atomic mass is 16.6. The summed E-state index contributed by atoms with van der Waals surface area (Å²) in [6.45, 7) is 1.74. The number of allylic oxidation sites excluding steroid dienone is 1. The van der Waals surface area contributed by atoms with Crippen molar-refractivity contribution < 1.29 is 19.4 Å². The van der Waals surface area contributed by atoms with Crippen LogP contribution in [0.4, 0.5) is 0 Å². The highest BCUT2D eigenvalue weighted by Gasteiger charge is 2.47. The summed E-state index contributed by atoms with van der Waals surface area (Å²) in [5.74, 6) is 0.206. The van der Waals surface area contributed by atoms with Crippen LogP contribution in [0.2, 0.25) is 0 Å². The van der Waals surface area contributed by atoms with Crippen LogP contribution >= 0.6 is 0 Å². The van der Waals surface area contributed by atoms with Gasteiger partial charge in [-0.05, 0) is 35.8 Å². The monoisotopic (exact) mass is 310 g/mol. The smallest absolute Gasteiger partial charge is 0.337 e. The van der Waals surface area contributed by atoms with Gasteiger partial charge in [-0.15, -0.1) is 0 Å². The van der Waals surface area contributed by atoms with Gasteiger partial charge in [-0.2, -0.15) is 0 Å². The number of hydrogen-bond acceptors (Lipinski definition) is 4. The second-order valence-corrected chi connectivity index (χ2v) is 5.53. The highest BCUT2D eigenvalue weighted by Crippen LogP contribution is 2.40. The minimum Gasteiger partial charge on any atom is -0.497 e. The van der Waals surface area contributed by atoms with Crippen molar-refractivity contribution in [3.05, 3.63) is 71.3 Å². The zero-order valence-corrected chi connectivity index (χ0v) is 13.1. The van der Waals surface area contributed by atoms with Crippen LogP contribution in [0.5, 0.6) is 5.75 Å². The van der Waals surface area contributed by atoms with Crippen molar-refractivity contribution in [3.8, 4) is 5.75 Å². The van der Waals surface area contributed by atoms with Crippen molar-refractivity contribution in [2.75, 3.05) is 13.7 Å². The molecular formula is C19H18O4. The van der Waals surface area contributed by atoms with Crippen LogP contribution in [-0.2, 0) is 15.1 Å². The summed E-state index contributed by atoms with van der Waals surface area (Å²) in [5, 5.41) is 11.1. The Hall–Kier alpha value is -2.59. The van der Waals surface area contributed by atoms with Gasteiger partial charge < -0.3 is 14.6 Å². The molecule has 4 nitrogen and oxygen atoms in total. The summed E-state index contributed by atoms with van der Waals surface area (Å²) in [4.78, 5) is 12.2. The molecule has 0 aliphatic carbocycles. The van der Waals surface area contributed by atoms with Gasteiger partial charge in [0.2, 0.25) is 0 Å². The van der Waals surface area contributed by atoms with Crippen LogP contribution in [0.15, 0.2) is 60.2 Å². The summed E-state index contributed by atoms with van der Waals surface area (Å²) >= 11 is 0. The molecule has 1 heterocycles. The third kappa shape index (κ3) is 2.62. The van der Waals surface area contributed by atoms with Crippen molar-refractivity contribution in [1.82, 2.24) is 0 Å². The molecule has 0 radical (unpaired) electrons. The van der Waals surface area contributed by atoms with E-state index < -0.39 is 11.6 Å². The minimum atomic E-state index is -1.46. The predicted molar refractivity (Wildman–Crippen MR) is 86.9 cm³/mol. The molecule has 2 aromatic carbocycles. The number of carbonyl (C=O) groups excluding carboxylic acids is 1. The van der Waals surface area contributed by atoms with E-state index in [1.165, 1.54) is 0 Å². The van der Waals surface area contributed by atoms with E-state index in [-0.39, 0.29) is 12.2 Å². The van der Waals surface area contributed by atoms with Gasteiger partial charge in [-0.1, -0.05) is 42.5 Å². The van der Waals surface area contributed by atoms with E-state index in [9.17, 15) is 9.90 Å². The Kier molecular flexibility index (Phi) is 3.92. The second kappa shape index (κ2) is 5.89. The Balaban J connectivity index is 2.11. The molecule has 2 aromatic rings. The zero-order chi connectivity index (χ0) is 16.4. The fourth-order valence-corrected chi connectivity index (χ4v) is 2.87. The van der Waals surface area contributed by atoms with Crippen molar-refractivity contribution in [1.29, 1.82) is 0 Å². The number of methoxy groups -OCH3 is 1. The summed E-state index contributed by atoms with van der Waals surface area (Å²) in [6, 6.07) is 16.5. The summed E-state index contributed by atoms with van der Waals surface area (Å²) in [7, 11) is 1.58. The first-order valence-corrected chi connectivity index (χ1v) is 7.37. The number of cyclic esters (lactones) is 1. The maximum absolute atomic E-state index is 12.2. The van der Waals surface area contributed by atoms with Crippen molar-refractivity contribution in [3.63, 3.8) is 0 Å². The van der Waals surface area contributed by atoms with Gasteiger partial charge in [0.05, 0.1) is 12.7 Å². The van der Waals surface area contributed by atoms with Gasteiger partial charge in [-0.25, -0.2) is 4.79 Å². The van der Waals surface area contributed by atoms with Crippen molar-refractivity contribution >= 4 is 11.5 Å². The maximum Gasteiger partial charge on any atom is 0.337 e. The molecule has 0 aromatic heterocycles. The largest absolute Gasteiger partial charge is 0.497 e. The Bertz CT molecular complexity index is 747. The zero-order valence-electron chi connectivity index (χ0n) is 13.1. The van der Waals surface area contributed by atoms with E-state index in [1.54, 1.807) is 31.4 Å². The van der Waals surface area contributed by atoms with E-state index in [0.29, 0.717) is 16.9 Å². The van der Waals surface area contributed by atoms with Crippen LogP contribution in [0.25, 0.3) is 5.57 Å². The van der Waals surface area contributed by atoms with E-state index in [4.69, 9.17) is 9.47 Å². The molecule has 1 N–H and O–H groups in total. The van der Waals surface area contributed by atoms with Gasteiger partial charge in [0, 0.05) is 0 Å². The van der Waals surface area contributed by atoms with Gasteiger partial charge in [0.1, 0.15) is 12.4 Å². The first-order valence-electron chi connectivity index (χ1n) is 7.37. The molecular weight excluding hydrogens is 292 g/mol. The standard InChI is InChI=1S/C19H18O4/c1-13(14-6-4-3-5-7-14)17-18(20)23-12-19(17,21)15-8-10-16(22-2)11-9-15/h3-11,21H,12H2,1-2H3/b17-13-. The lowest BCUT2D eigenvalue weighted by atomic mass is 9.84. The third-order valence-corrected chi connectivity index (χ3v) is 4.18. The molecule has 1 aliphatic rings. The molecule has 1 unspecified atom stereocenters. The van der Waals surface area contributed by atoms with Gasteiger partial charge in [-0.3, -0.25) is 0 Å². The quantitative estimate of drug-likeness (QED) is 0.699. The van der Waals surface area contributed by atoms with Crippen LogP contribution < -0.4 is 4.74 Å². The molecule has 118 valence electrons. The van der Waals surface area contributed by atoms with Crippen LogP contribution in [0, 0.1) is 0 Å². The number of ether oxygens (including phenoxy) is 2. The maximum atomic E-state index is 12.2. The molecule has 1 aliphatic heterocycles. The SMILES string of the molecule is COc1ccc(C2(O)COC(=O)/C2=C(\C)c2ccccc2)cc1. The van der Waals surface area contributed by atoms with Gasteiger partial charge in [0.15, 0.2) is 5.60 Å². The van der Waals surface area contributed by atoms with E-state index in [1.807, 2.05) is 37.3 Å². The Labute approximate surface area is 135 Å². The van der Waals surface area contributed by atoms with Crippen LogP contribution in [0.3, 0.4) is 0 Å².